The summed E-state index contributed by atoms with van der Waals surface area (Å²) in [5.74, 6) is -0.692. The smallest absolute Gasteiger partial charge is 0.283 e. The summed E-state index contributed by atoms with van der Waals surface area (Å²) in [6.45, 7) is 2.39. The topological polar surface area (TPSA) is 87.7 Å². The van der Waals surface area contributed by atoms with Crippen molar-refractivity contribution in [2.75, 3.05) is 16.8 Å². The van der Waals surface area contributed by atoms with E-state index in [0.29, 0.717) is 29.3 Å². The molecule has 1 aliphatic carbocycles. The van der Waals surface area contributed by atoms with Gasteiger partial charge in [0.25, 0.3) is 17.7 Å². The summed E-state index contributed by atoms with van der Waals surface area (Å²) in [6.07, 6.45) is 5.44. The lowest BCUT2D eigenvalue weighted by atomic mass is 9.95. The molecule has 2 aliphatic rings. The highest BCUT2D eigenvalue weighted by molar-refractivity contribution is 6.53. The average Bonchev–Trinajstić information content (AvgIpc) is 3.04. The zero-order valence-electron chi connectivity index (χ0n) is 18.4. The molecule has 0 radical (unpaired) electrons. The Bertz CT molecular complexity index is 1090. The Kier molecular flexibility index (Phi) is 6.99. The first-order valence-electron chi connectivity index (χ1n) is 11.2. The lowest BCUT2D eigenvalue weighted by molar-refractivity contribution is -0.120. The Morgan fingerprint density at radius 2 is 1.79 bits per heavy atom. The minimum atomic E-state index is -0.612. The van der Waals surface area contributed by atoms with Gasteiger partial charge in [-0.05, 0) is 62.2 Å². The van der Waals surface area contributed by atoms with E-state index in [1.165, 1.54) is 6.42 Å². The van der Waals surface area contributed by atoms with Crippen molar-refractivity contribution in [2.24, 2.45) is 0 Å². The predicted molar refractivity (Wildman–Crippen MR) is 127 cm³/mol. The van der Waals surface area contributed by atoms with E-state index in [4.69, 9.17) is 16.3 Å². The van der Waals surface area contributed by atoms with Crippen LogP contribution in [0.2, 0.25) is 0 Å². The van der Waals surface area contributed by atoms with Gasteiger partial charge in [0, 0.05) is 17.3 Å². The number of carbonyl (C=O) groups is 3. The van der Waals surface area contributed by atoms with Gasteiger partial charge in [-0.25, -0.2) is 4.90 Å². The van der Waals surface area contributed by atoms with Gasteiger partial charge in [-0.3, -0.25) is 14.4 Å². The van der Waals surface area contributed by atoms with Crippen LogP contribution < -0.4 is 20.3 Å². The maximum atomic E-state index is 13.0. The number of carbonyl (C=O) groups excluding carboxylic acids is 3. The third kappa shape index (κ3) is 5.03. The molecular formula is C25H26ClN3O4. The van der Waals surface area contributed by atoms with Crippen molar-refractivity contribution in [1.29, 1.82) is 0 Å². The number of hydrogen-bond donors (Lipinski definition) is 2. The molecule has 1 aliphatic heterocycles. The molecular weight excluding hydrogens is 442 g/mol. The van der Waals surface area contributed by atoms with Crippen molar-refractivity contribution in [3.8, 4) is 5.75 Å². The fraction of sp³-hybridized carbons (Fsp3) is 0.320. The molecule has 7 nitrogen and oxygen atoms in total. The highest BCUT2D eigenvalue weighted by Crippen LogP contribution is 2.31. The largest absolute Gasteiger partial charge is 0.494 e. The molecule has 2 aromatic rings. The van der Waals surface area contributed by atoms with Crippen LogP contribution in [0.1, 0.15) is 49.4 Å². The number of benzene rings is 2. The summed E-state index contributed by atoms with van der Waals surface area (Å²) in [5, 5.41) is 5.81. The summed E-state index contributed by atoms with van der Waals surface area (Å²) >= 11 is 6.23. The minimum absolute atomic E-state index is 0.0274. The minimum Gasteiger partial charge on any atom is -0.494 e. The van der Waals surface area contributed by atoms with Crippen molar-refractivity contribution in [1.82, 2.24) is 5.32 Å². The molecule has 0 atom stereocenters. The monoisotopic (exact) mass is 467 g/mol. The van der Waals surface area contributed by atoms with Gasteiger partial charge in [-0.15, -0.1) is 0 Å². The van der Waals surface area contributed by atoms with Crippen LogP contribution in [0.15, 0.2) is 59.3 Å². The maximum Gasteiger partial charge on any atom is 0.283 e. The van der Waals surface area contributed by atoms with Crippen LogP contribution in [0, 0.1) is 0 Å². The second kappa shape index (κ2) is 10.1. The second-order valence-electron chi connectivity index (χ2n) is 8.08. The summed E-state index contributed by atoms with van der Waals surface area (Å²) in [4.78, 5) is 39.4. The van der Waals surface area contributed by atoms with Crippen LogP contribution in [0.3, 0.4) is 0 Å². The van der Waals surface area contributed by atoms with E-state index in [0.717, 1.165) is 30.6 Å². The molecule has 0 saturated heterocycles. The number of anilines is 2. The Balaban J connectivity index is 1.48. The molecule has 8 heteroatoms. The average molecular weight is 468 g/mol. The van der Waals surface area contributed by atoms with Crippen LogP contribution in [-0.2, 0) is 9.59 Å². The molecule has 2 N–H and O–H groups in total. The number of amides is 3. The van der Waals surface area contributed by atoms with Crippen LogP contribution in [-0.4, -0.2) is 30.4 Å². The summed E-state index contributed by atoms with van der Waals surface area (Å²) in [5.41, 5.74) is 1.33. The zero-order chi connectivity index (χ0) is 23.4. The van der Waals surface area contributed by atoms with Gasteiger partial charge in [0.1, 0.15) is 16.5 Å². The second-order valence-corrected chi connectivity index (χ2v) is 8.45. The van der Waals surface area contributed by atoms with Crippen molar-refractivity contribution in [3.05, 3.63) is 64.8 Å². The molecule has 1 heterocycles. The molecule has 0 aromatic heterocycles. The van der Waals surface area contributed by atoms with E-state index in [1.807, 2.05) is 6.92 Å². The number of hydrogen-bond acceptors (Lipinski definition) is 5. The van der Waals surface area contributed by atoms with Crippen molar-refractivity contribution in [2.45, 2.75) is 45.1 Å². The maximum absolute atomic E-state index is 13.0. The van der Waals surface area contributed by atoms with Gasteiger partial charge in [-0.2, -0.15) is 0 Å². The summed E-state index contributed by atoms with van der Waals surface area (Å²) in [7, 11) is 0. The van der Waals surface area contributed by atoms with Gasteiger partial charge in [0.05, 0.1) is 12.3 Å². The van der Waals surface area contributed by atoms with Crippen LogP contribution in [0.25, 0.3) is 0 Å². The molecule has 172 valence electrons. The van der Waals surface area contributed by atoms with Crippen LogP contribution in [0.5, 0.6) is 5.75 Å². The Hall–Kier alpha value is -3.32. The van der Waals surface area contributed by atoms with E-state index in [2.05, 4.69) is 10.6 Å². The molecule has 0 spiro atoms. The number of rotatable bonds is 7. The molecule has 4 rings (SSSR count). The number of halogens is 1. The van der Waals surface area contributed by atoms with Crippen molar-refractivity contribution < 1.29 is 19.1 Å². The third-order valence-electron chi connectivity index (χ3n) is 5.77. The van der Waals surface area contributed by atoms with E-state index >= 15 is 0 Å². The SMILES string of the molecule is CCOc1ccc(N2C(=O)C(Cl)=C(Nc3cccc(C(=O)NC4CCCCC4)c3)C2=O)cc1. The summed E-state index contributed by atoms with van der Waals surface area (Å²) in [6, 6.07) is 13.6. The molecule has 1 saturated carbocycles. The zero-order valence-corrected chi connectivity index (χ0v) is 19.2. The first kappa shape index (κ1) is 22.9. The lowest BCUT2D eigenvalue weighted by Gasteiger charge is -2.22. The highest BCUT2D eigenvalue weighted by Gasteiger charge is 2.39. The standard InChI is InChI=1S/C25H26ClN3O4/c1-2-33-20-13-11-19(12-14-20)29-24(31)21(26)22(25(29)32)27-18-10-6-7-16(15-18)23(30)28-17-8-4-3-5-9-17/h6-7,10-15,17,27H,2-5,8-9H2,1H3,(H,28,30). The fourth-order valence-corrected chi connectivity index (χ4v) is 4.31. The quantitative estimate of drug-likeness (QED) is 0.582. The van der Waals surface area contributed by atoms with E-state index < -0.39 is 11.8 Å². The van der Waals surface area contributed by atoms with Crippen LogP contribution >= 0.6 is 11.6 Å². The van der Waals surface area contributed by atoms with Crippen molar-refractivity contribution in [3.63, 3.8) is 0 Å². The van der Waals surface area contributed by atoms with E-state index in [9.17, 15) is 14.4 Å². The predicted octanol–water partition coefficient (Wildman–Crippen LogP) is 4.58. The molecule has 2 aromatic carbocycles. The van der Waals surface area contributed by atoms with E-state index in [1.54, 1.807) is 48.5 Å². The Labute approximate surface area is 197 Å². The summed E-state index contributed by atoms with van der Waals surface area (Å²) < 4.78 is 5.41. The number of nitrogens with zero attached hydrogens (tertiary/aromatic N) is 1. The molecule has 0 unspecified atom stereocenters. The van der Waals surface area contributed by atoms with Gasteiger partial charge in [-0.1, -0.05) is 36.9 Å². The normalized spacial score (nSPS) is 16.8. The third-order valence-corrected chi connectivity index (χ3v) is 6.12. The highest BCUT2D eigenvalue weighted by atomic mass is 35.5. The molecule has 0 bridgehead atoms. The number of nitrogens with one attached hydrogen (secondary N) is 2. The first-order chi connectivity index (χ1) is 16.0. The van der Waals surface area contributed by atoms with Crippen molar-refractivity contribution >= 4 is 40.7 Å². The van der Waals surface area contributed by atoms with E-state index in [-0.39, 0.29) is 22.7 Å². The van der Waals surface area contributed by atoms with Gasteiger partial charge in [0.15, 0.2) is 0 Å². The number of ether oxygens (including phenoxy) is 1. The molecule has 1 fully saturated rings. The molecule has 3 amide bonds. The Morgan fingerprint density at radius 3 is 2.48 bits per heavy atom. The first-order valence-corrected chi connectivity index (χ1v) is 11.5. The van der Waals surface area contributed by atoms with Gasteiger partial charge in [0.2, 0.25) is 0 Å². The molecule has 33 heavy (non-hydrogen) atoms. The fourth-order valence-electron chi connectivity index (χ4n) is 4.10. The van der Waals surface area contributed by atoms with Gasteiger partial charge < -0.3 is 15.4 Å². The van der Waals surface area contributed by atoms with Gasteiger partial charge >= 0.3 is 0 Å². The lowest BCUT2D eigenvalue weighted by Crippen LogP contribution is -2.36. The number of imide groups is 1. The van der Waals surface area contributed by atoms with Crippen LogP contribution in [0.4, 0.5) is 11.4 Å². The Morgan fingerprint density at radius 1 is 1.06 bits per heavy atom.